The first kappa shape index (κ1) is 31.4. The van der Waals surface area contributed by atoms with Crippen molar-refractivity contribution in [1.29, 1.82) is 0 Å². The molecule has 6 atom stereocenters. The lowest BCUT2D eigenvalue weighted by Gasteiger charge is -2.48. The number of carbonyl (C=O) groups excluding carboxylic acids is 1. The molecule has 0 bridgehead atoms. The van der Waals surface area contributed by atoms with Gasteiger partial charge >= 0.3 is 5.97 Å². The van der Waals surface area contributed by atoms with Crippen LogP contribution >= 0.6 is 11.6 Å². The molecule has 3 aromatic rings. The summed E-state index contributed by atoms with van der Waals surface area (Å²) in [6.45, 7) is 2.35. The van der Waals surface area contributed by atoms with Gasteiger partial charge in [0.05, 0.1) is 31.1 Å². The zero-order valence-corrected chi connectivity index (χ0v) is 27.9. The number of halogens is 1. The SMILES string of the molecule is COC(=O)c1ccc2c(c1)N(C[C@@H]1CC[C@H]1[C@H](OC)[C@H]1CCC[C@H](Cc3ncccn3)C1)C[C@@]1(CCCc3cc(Cl)ccc31)CO2. The Morgan fingerprint density at radius 3 is 2.74 bits per heavy atom. The van der Waals surface area contributed by atoms with Crippen molar-refractivity contribution >= 4 is 23.3 Å². The molecular weight excluding hydrogens is 598 g/mol. The Bertz CT molecular complexity index is 1540. The molecule has 0 saturated heterocycles. The molecule has 0 unspecified atom stereocenters. The van der Waals surface area contributed by atoms with Gasteiger partial charge in [-0.25, -0.2) is 14.8 Å². The number of aryl methyl sites for hydroxylation is 1. The van der Waals surface area contributed by atoms with Gasteiger partial charge in [-0.1, -0.05) is 24.1 Å². The van der Waals surface area contributed by atoms with Crippen molar-refractivity contribution in [3.63, 3.8) is 0 Å². The maximum absolute atomic E-state index is 12.7. The van der Waals surface area contributed by atoms with E-state index >= 15 is 0 Å². The van der Waals surface area contributed by atoms with Gasteiger partial charge in [0, 0.05) is 49.5 Å². The maximum Gasteiger partial charge on any atom is 0.337 e. The van der Waals surface area contributed by atoms with Crippen LogP contribution in [0.2, 0.25) is 5.02 Å². The summed E-state index contributed by atoms with van der Waals surface area (Å²) in [7, 11) is 3.36. The maximum atomic E-state index is 12.7. The predicted octanol–water partition coefficient (Wildman–Crippen LogP) is 7.48. The number of anilines is 1. The van der Waals surface area contributed by atoms with Gasteiger partial charge in [-0.2, -0.15) is 0 Å². The van der Waals surface area contributed by atoms with Crippen molar-refractivity contribution in [2.45, 2.75) is 75.7 Å². The number of fused-ring (bicyclic) bond motifs is 3. The average molecular weight is 644 g/mol. The molecule has 4 aliphatic rings. The molecule has 2 fully saturated rings. The molecule has 2 aromatic carbocycles. The minimum absolute atomic E-state index is 0.154. The van der Waals surface area contributed by atoms with Crippen LogP contribution in [0.1, 0.15) is 78.7 Å². The van der Waals surface area contributed by atoms with Gasteiger partial charge in [0.1, 0.15) is 11.6 Å². The predicted molar refractivity (Wildman–Crippen MR) is 180 cm³/mol. The van der Waals surface area contributed by atoms with E-state index in [9.17, 15) is 4.79 Å². The Kier molecular flexibility index (Phi) is 9.24. The van der Waals surface area contributed by atoms with Crippen molar-refractivity contribution in [3.05, 3.63) is 82.4 Å². The van der Waals surface area contributed by atoms with Crippen LogP contribution in [0.3, 0.4) is 0 Å². The fourth-order valence-corrected chi connectivity index (χ4v) is 9.32. The third-order valence-electron chi connectivity index (χ3n) is 11.5. The van der Waals surface area contributed by atoms with Crippen molar-refractivity contribution < 1.29 is 19.0 Å². The molecule has 2 saturated carbocycles. The largest absolute Gasteiger partial charge is 0.490 e. The van der Waals surface area contributed by atoms with E-state index in [1.165, 1.54) is 56.8 Å². The third kappa shape index (κ3) is 6.25. The minimum Gasteiger partial charge on any atom is -0.490 e. The number of hydrogen-bond acceptors (Lipinski definition) is 7. The van der Waals surface area contributed by atoms with E-state index in [1.807, 2.05) is 49.8 Å². The molecule has 0 N–H and O–H groups in total. The van der Waals surface area contributed by atoms with Crippen LogP contribution < -0.4 is 9.64 Å². The highest BCUT2D eigenvalue weighted by Gasteiger charge is 2.46. The summed E-state index contributed by atoms with van der Waals surface area (Å²) in [5.74, 6) is 3.62. The van der Waals surface area contributed by atoms with E-state index in [4.69, 9.17) is 25.8 Å². The van der Waals surface area contributed by atoms with Gasteiger partial charge in [-0.05, 0) is 123 Å². The van der Waals surface area contributed by atoms with Gasteiger partial charge < -0.3 is 19.1 Å². The van der Waals surface area contributed by atoms with Crippen LogP contribution in [0.5, 0.6) is 5.75 Å². The molecule has 0 radical (unpaired) electrons. The van der Waals surface area contributed by atoms with E-state index in [-0.39, 0.29) is 17.5 Å². The minimum atomic E-state index is -0.326. The number of ether oxygens (including phenoxy) is 3. The lowest BCUT2D eigenvalue weighted by Crippen LogP contribution is -2.51. The molecule has 7 nitrogen and oxygen atoms in total. The monoisotopic (exact) mass is 643 g/mol. The molecule has 3 aliphatic carbocycles. The van der Waals surface area contributed by atoms with Crippen molar-refractivity contribution in [2.75, 3.05) is 38.8 Å². The van der Waals surface area contributed by atoms with Gasteiger partial charge in [-0.3, -0.25) is 0 Å². The van der Waals surface area contributed by atoms with Crippen molar-refractivity contribution in [1.82, 2.24) is 9.97 Å². The van der Waals surface area contributed by atoms with Gasteiger partial charge in [0.25, 0.3) is 0 Å². The van der Waals surface area contributed by atoms with Gasteiger partial charge in [-0.15, -0.1) is 0 Å². The second kappa shape index (κ2) is 13.5. The molecule has 1 spiro atoms. The highest BCUT2D eigenvalue weighted by Crippen LogP contribution is 2.49. The molecule has 244 valence electrons. The van der Waals surface area contributed by atoms with Crippen LogP contribution in [-0.2, 0) is 27.7 Å². The Hall–Kier alpha value is -3.16. The van der Waals surface area contributed by atoms with E-state index in [2.05, 4.69) is 27.0 Å². The zero-order chi connectivity index (χ0) is 31.7. The topological polar surface area (TPSA) is 73.8 Å². The van der Waals surface area contributed by atoms with E-state index in [1.54, 1.807) is 0 Å². The van der Waals surface area contributed by atoms with Crippen LogP contribution in [-0.4, -0.2) is 56.0 Å². The number of nitrogens with zero attached hydrogens (tertiary/aromatic N) is 3. The summed E-state index contributed by atoms with van der Waals surface area (Å²) >= 11 is 6.46. The van der Waals surface area contributed by atoms with E-state index in [0.29, 0.717) is 35.8 Å². The summed E-state index contributed by atoms with van der Waals surface area (Å²) < 4.78 is 18.2. The fourth-order valence-electron chi connectivity index (χ4n) is 9.12. The van der Waals surface area contributed by atoms with Crippen LogP contribution in [0.4, 0.5) is 5.69 Å². The first-order valence-electron chi connectivity index (χ1n) is 17.1. The van der Waals surface area contributed by atoms with Crippen LogP contribution in [0, 0.1) is 23.7 Å². The number of methoxy groups -OCH3 is 2. The number of hydrogen-bond donors (Lipinski definition) is 0. The number of rotatable bonds is 8. The molecule has 7 rings (SSSR count). The lowest BCUT2D eigenvalue weighted by atomic mass is 9.64. The number of esters is 1. The van der Waals surface area contributed by atoms with E-state index < -0.39 is 0 Å². The number of benzene rings is 2. The summed E-state index contributed by atoms with van der Waals surface area (Å²) in [4.78, 5) is 24.2. The number of aromatic nitrogens is 2. The number of carbonyl (C=O) groups is 1. The fraction of sp³-hybridized carbons (Fsp3) is 0.553. The highest BCUT2D eigenvalue weighted by atomic mass is 35.5. The molecule has 46 heavy (non-hydrogen) atoms. The average Bonchev–Trinajstić information content (AvgIpc) is 3.22. The first-order chi connectivity index (χ1) is 22.5. The second-order valence-electron chi connectivity index (χ2n) is 14.1. The normalized spacial score (nSPS) is 27.8. The first-order valence-corrected chi connectivity index (χ1v) is 17.5. The zero-order valence-electron chi connectivity index (χ0n) is 27.1. The van der Waals surface area contributed by atoms with Crippen molar-refractivity contribution in [2.24, 2.45) is 23.7 Å². The molecule has 8 heteroatoms. The summed E-state index contributed by atoms with van der Waals surface area (Å²) in [6.07, 6.45) is 15.3. The van der Waals surface area contributed by atoms with Gasteiger partial charge in [0.2, 0.25) is 0 Å². The molecule has 2 heterocycles. The Morgan fingerprint density at radius 1 is 1.09 bits per heavy atom. The molecule has 1 aromatic heterocycles. The molecule has 1 aliphatic heterocycles. The van der Waals surface area contributed by atoms with Gasteiger partial charge in [0.15, 0.2) is 0 Å². The second-order valence-corrected chi connectivity index (χ2v) is 14.6. The smallest absolute Gasteiger partial charge is 0.337 e. The third-order valence-corrected chi connectivity index (χ3v) is 11.7. The van der Waals surface area contributed by atoms with Crippen LogP contribution in [0.25, 0.3) is 0 Å². The molecule has 0 amide bonds. The Balaban J connectivity index is 1.15. The van der Waals surface area contributed by atoms with E-state index in [0.717, 1.165) is 61.1 Å². The lowest BCUT2D eigenvalue weighted by molar-refractivity contribution is -0.0643. The van der Waals surface area contributed by atoms with Crippen LogP contribution in [0.15, 0.2) is 54.9 Å². The summed E-state index contributed by atoms with van der Waals surface area (Å²) in [6, 6.07) is 14.0. The van der Waals surface area contributed by atoms with Crippen molar-refractivity contribution in [3.8, 4) is 5.75 Å². The summed E-state index contributed by atoms with van der Waals surface area (Å²) in [5.41, 5.74) is 4.07. The highest BCUT2D eigenvalue weighted by molar-refractivity contribution is 6.30. The Morgan fingerprint density at radius 2 is 1.96 bits per heavy atom. The summed E-state index contributed by atoms with van der Waals surface area (Å²) in [5, 5.41) is 0.789. The molecular formula is C38H46ClN3O4. The Labute approximate surface area is 278 Å². The quantitative estimate of drug-likeness (QED) is 0.236. The standard InChI is InChI=1S/C38H46ClN3O4/c1-44-36(27-7-3-6-25(18-27)19-35-40-16-5-17-41-35)31-12-9-29(31)22-42-23-38(15-4-8-26-20-30(39)11-13-32(26)38)24-46-34-14-10-28(21-33(34)42)37(43)45-2/h5,10-11,13-14,16-17,20-21,25,27,29,31,36H,3-4,6-9,12,15,18-19,22-24H2,1-2H3/t25-,27-,29-,31+,36+,38-/m0/s1.